The summed E-state index contributed by atoms with van der Waals surface area (Å²) in [6.45, 7) is 0.854. The Labute approximate surface area is 128 Å². The summed E-state index contributed by atoms with van der Waals surface area (Å²) >= 11 is 12.0. The predicted octanol–water partition coefficient (Wildman–Crippen LogP) is 3.91. The van der Waals surface area contributed by atoms with Crippen molar-refractivity contribution >= 4 is 23.2 Å². The molecule has 2 N–H and O–H groups in total. The number of rotatable bonds is 2. The zero-order valence-corrected chi connectivity index (χ0v) is 12.3. The summed E-state index contributed by atoms with van der Waals surface area (Å²) in [5.74, 6) is 0. The van der Waals surface area contributed by atoms with Gasteiger partial charge in [-0.15, -0.1) is 0 Å². The van der Waals surface area contributed by atoms with Crippen LogP contribution >= 0.6 is 23.2 Å². The molecule has 0 amide bonds. The van der Waals surface area contributed by atoms with Crippen molar-refractivity contribution in [3.8, 4) is 0 Å². The molecule has 0 aliphatic carbocycles. The van der Waals surface area contributed by atoms with Crippen molar-refractivity contribution in [3.63, 3.8) is 0 Å². The lowest BCUT2D eigenvalue weighted by Gasteiger charge is -2.31. The van der Waals surface area contributed by atoms with Crippen LogP contribution in [0.3, 0.4) is 0 Å². The van der Waals surface area contributed by atoms with E-state index in [1.54, 1.807) is 18.2 Å². The molecule has 2 aromatic carbocycles. The van der Waals surface area contributed by atoms with Gasteiger partial charge in [0.2, 0.25) is 0 Å². The first-order chi connectivity index (χ1) is 9.65. The van der Waals surface area contributed by atoms with Gasteiger partial charge < -0.3 is 10.4 Å². The van der Waals surface area contributed by atoms with Gasteiger partial charge in [-0.1, -0.05) is 47.5 Å². The fourth-order valence-corrected chi connectivity index (χ4v) is 3.30. The average Bonchev–Trinajstić information content (AvgIpc) is 2.45. The molecule has 0 saturated carbocycles. The number of fused-ring (bicyclic) bond motifs is 1. The summed E-state index contributed by atoms with van der Waals surface area (Å²) in [6, 6.07) is 13.3. The Bertz CT molecular complexity index is 609. The number of aliphatic hydroxyl groups is 1. The van der Waals surface area contributed by atoms with Gasteiger partial charge in [0.1, 0.15) is 0 Å². The molecule has 2 atom stereocenters. The zero-order chi connectivity index (χ0) is 14.1. The minimum atomic E-state index is -0.673. The molecule has 1 heterocycles. The van der Waals surface area contributed by atoms with Gasteiger partial charge >= 0.3 is 0 Å². The monoisotopic (exact) mass is 307 g/mol. The second-order valence-corrected chi connectivity index (χ2v) is 5.90. The van der Waals surface area contributed by atoms with Crippen LogP contribution in [-0.2, 0) is 6.42 Å². The van der Waals surface area contributed by atoms with Crippen LogP contribution in [0.4, 0.5) is 0 Å². The lowest BCUT2D eigenvalue weighted by atomic mass is 9.88. The maximum Gasteiger partial charge on any atom is 0.0985 e. The van der Waals surface area contributed by atoms with Crippen molar-refractivity contribution in [2.45, 2.75) is 18.6 Å². The molecular weight excluding hydrogens is 293 g/mol. The standard InChI is InChI=1S/C16H15Cl2NO/c17-12-7-11(8-13(18)9-12)16(20)15-14-4-2-1-3-10(14)5-6-19-15/h1-4,7-9,15-16,19-20H,5-6H2. The third-order valence-electron chi connectivity index (χ3n) is 3.69. The highest BCUT2D eigenvalue weighted by Crippen LogP contribution is 2.35. The Morgan fingerprint density at radius 2 is 1.80 bits per heavy atom. The molecule has 0 fully saturated rings. The van der Waals surface area contributed by atoms with Crippen LogP contribution in [0, 0.1) is 0 Å². The lowest BCUT2D eigenvalue weighted by Crippen LogP contribution is -2.33. The topological polar surface area (TPSA) is 32.3 Å². The number of benzene rings is 2. The zero-order valence-electron chi connectivity index (χ0n) is 10.8. The van der Waals surface area contributed by atoms with Crippen LogP contribution in [0.15, 0.2) is 42.5 Å². The second kappa shape index (κ2) is 5.74. The van der Waals surface area contributed by atoms with E-state index in [1.165, 1.54) is 5.56 Å². The van der Waals surface area contributed by atoms with Gasteiger partial charge in [-0.05, 0) is 47.9 Å². The van der Waals surface area contributed by atoms with E-state index in [-0.39, 0.29) is 6.04 Å². The van der Waals surface area contributed by atoms with Crippen LogP contribution < -0.4 is 5.32 Å². The third-order valence-corrected chi connectivity index (χ3v) is 4.13. The Morgan fingerprint density at radius 3 is 2.55 bits per heavy atom. The van der Waals surface area contributed by atoms with Gasteiger partial charge in [-0.2, -0.15) is 0 Å². The summed E-state index contributed by atoms with van der Waals surface area (Å²) in [6.07, 6.45) is 0.308. The van der Waals surface area contributed by atoms with Crippen LogP contribution in [0.5, 0.6) is 0 Å². The Morgan fingerprint density at radius 1 is 1.10 bits per heavy atom. The van der Waals surface area contributed by atoms with E-state index < -0.39 is 6.10 Å². The largest absolute Gasteiger partial charge is 0.386 e. The van der Waals surface area contributed by atoms with E-state index in [9.17, 15) is 5.11 Å². The van der Waals surface area contributed by atoms with E-state index in [0.717, 1.165) is 24.1 Å². The quantitative estimate of drug-likeness (QED) is 0.881. The number of halogens is 2. The first-order valence-corrected chi connectivity index (χ1v) is 7.36. The summed E-state index contributed by atoms with van der Waals surface area (Å²) in [7, 11) is 0. The Hall–Kier alpha value is -1.06. The van der Waals surface area contributed by atoms with E-state index >= 15 is 0 Å². The molecule has 2 unspecified atom stereocenters. The molecule has 2 nitrogen and oxygen atoms in total. The molecule has 1 aliphatic rings. The number of hydrogen-bond donors (Lipinski definition) is 2. The van der Waals surface area contributed by atoms with Crippen LogP contribution in [0.25, 0.3) is 0 Å². The summed E-state index contributed by atoms with van der Waals surface area (Å²) < 4.78 is 0. The summed E-state index contributed by atoms with van der Waals surface area (Å²) in [4.78, 5) is 0. The number of nitrogens with one attached hydrogen (secondary N) is 1. The highest BCUT2D eigenvalue weighted by molar-refractivity contribution is 6.34. The molecule has 20 heavy (non-hydrogen) atoms. The van der Waals surface area contributed by atoms with Crippen molar-refractivity contribution < 1.29 is 5.11 Å². The molecule has 2 aromatic rings. The van der Waals surface area contributed by atoms with Crippen molar-refractivity contribution in [3.05, 3.63) is 69.2 Å². The number of aliphatic hydroxyl groups excluding tert-OH is 1. The van der Waals surface area contributed by atoms with Crippen molar-refractivity contribution in [2.24, 2.45) is 0 Å². The van der Waals surface area contributed by atoms with Crippen LogP contribution in [0.1, 0.15) is 28.8 Å². The maximum atomic E-state index is 10.7. The van der Waals surface area contributed by atoms with Crippen LogP contribution in [0.2, 0.25) is 10.0 Å². The van der Waals surface area contributed by atoms with Crippen LogP contribution in [-0.4, -0.2) is 11.7 Å². The first kappa shape index (κ1) is 13.9. The SMILES string of the molecule is OC(c1cc(Cl)cc(Cl)c1)C1NCCc2ccccc21. The molecule has 4 heteroatoms. The molecule has 0 saturated heterocycles. The predicted molar refractivity (Wildman–Crippen MR) is 82.3 cm³/mol. The van der Waals surface area contributed by atoms with Crippen molar-refractivity contribution in [2.75, 3.05) is 6.54 Å². The minimum Gasteiger partial charge on any atom is -0.386 e. The first-order valence-electron chi connectivity index (χ1n) is 6.60. The highest BCUT2D eigenvalue weighted by atomic mass is 35.5. The maximum absolute atomic E-state index is 10.7. The fraction of sp³-hybridized carbons (Fsp3) is 0.250. The molecule has 0 spiro atoms. The third kappa shape index (κ3) is 2.70. The Kier molecular flexibility index (Phi) is 3.99. The molecule has 0 radical (unpaired) electrons. The van der Waals surface area contributed by atoms with Gasteiger partial charge in [0.25, 0.3) is 0 Å². The van der Waals surface area contributed by atoms with Gasteiger partial charge in [-0.3, -0.25) is 0 Å². The smallest absolute Gasteiger partial charge is 0.0985 e. The molecule has 0 bridgehead atoms. The Balaban J connectivity index is 1.97. The van der Waals surface area contributed by atoms with Gasteiger partial charge in [-0.25, -0.2) is 0 Å². The number of hydrogen-bond acceptors (Lipinski definition) is 2. The van der Waals surface area contributed by atoms with E-state index in [1.807, 2.05) is 12.1 Å². The molecule has 3 rings (SSSR count). The summed E-state index contributed by atoms with van der Waals surface area (Å²) in [5.41, 5.74) is 3.16. The van der Waals surface area contributed by atoms with E-state index in [0.29, 0.717) is 10.0 Å². The van der Waals surface area contributed by atoms with Gasteiger partial charge in [0.15, 0.2) is 0 Å². The van der Waals surface area contributed by atoms with Crippen molar-refractivity contribution in [1.29, 1.82) is 0 Å². The molecule has 0 aromatic heterocycles. The lowest BCUT2D eigenvalue weighted by molar-refractivity contribution is 0.125. The summed E-state index contributed by atoms with van der Waals surface area (Å²) in [5, 5.41) is 15.1. The van der Waals surface area contributed by atoms with Gasteiger partial charge in [0, 0.05) is 10.0 Å². The van der Waals surface area contributed by atoms with Gasteiger partial charge in [0.05, 0.1) is 12.1 Å². The molecule has 1 aliphatic heterocycles. The van der Waals surface area contributed by atoms with E-state index in [2.05, 4.69) is 17.4 Å². The molecular formula is C16H15Cl2NO. The normalized spacial score (nSPS) is 19.4. The average molecular weight is 308 g/mol. The molecule has 104 valence electrons. The van der Waals surface area contributed by atoms with Crippen molar-refractivity contribution in [1.82, 2.24) is 5.32 Å². The second-order valence-electron chi connectivity index (χ2n) is 5.03. The minimum absolute atomic E-state index is 0.130. The van der Waals surface area contributed by atoms with E-state index in [4.69, 9.17) is 23.2 Å². The fourth-order valence-electron chi connectivity index (χ4n) is 2.76. The highest BCUT2D eigenvalue weighted by Gasteiger charge is 2.27.